The number of carboxylic acid groups (broad SMARTS) is 1. The van der Waals surface area contributed by atoms with Crippen LogP contribution in [0.25, 0.3) is 0 Å². The molecule has 0 aliphatic carbocycles. The molecular weight excluding hydrogens is 254 g/mol. The molecule has 5 nitrogen and oxygen atoms in total. The maximum Gasteiger partial charge on any atom is 0.336 e. The summed E-state index contributed by atoms with van der Waals surface area (Å²) in [6, 6.07) is 7.23. The average molecular weight is 269 g/mol. The van der Waals surface area contributed by atoms with Gasteiger partial charge in [0.2, 0.25) is 0 Å². The van der Waals surface area contributed by atoms with Gasteiger partial charge in [-0.3, -0.25) is 0 Å². The zero-order chi connectivity index (χ0) is 13.9. The summed E-state index contributed by atoms with van der Waals surface area (Å²) in [5, 5.41) is 9.27. The quantitative estimate of drug-likeness (QED) is 0.924. The van der Waals surface area contributed by atoms with Crippen molar-refractivity contribution in [3.63, 3.8) is 0 Å². The SMILES string of the molecule is O=C(O)c1cccc2c1CCCN2Cc1ncccn1. The Labute approximate surface area is 116 Å². The number of aromatic nitrogens is 2. The molecule has 1 aliphatic rings. The van der Waals surface area contributed by atoms with Gasteiger partial charge in [-0.05, 0) is 36.6 Å². The van der Waals surface area contributed by atoms with Gasteiger partial charge in [-0.25, -0.2) is 14.8 Å². The van der Waals surface area contributed by atoms with Crippen molar-refractivity contribution in [1.82, 2.24) is 9.97 Å². The van der Waals surface area contributed by atoms with E-state index >= 15 is 0 Å². The van der Waals surface area contributed by atoms with Gasteiger partial charge in [0.25, 0.3) is 0 Å². The molecule has 0 radical (unpaired) electrons. The number of aromatic carboxylic acids is 1. The van der Waals surface area contributed by atoms with Crippen LogP contribution in [0.5, 0.6) is 0 Å². The summed E-state index contributed by atoms with van der Waals surface area (Å²) in [6.45, 7) is 1.51. The van der Waals surface area contributed by atoms with E-state index in [9.17, 15) is 9.90 Å². The lowest BCUT2D eigenvalue weighted by atomic mass is 9.96. The number of fused-ring (bicyclic) bond motifs is 1. The molecular formula is C15H15N3O2. The lowest BCUT2D eigenvalue weighted by molar-refractivity contribution is 0.0695. The number of benzene rings is 1. The van der Waals surface area contributed by atoms with Crippen molar-refractivity contribution in [2.45, 2.75) is 19.4 Å². The number of carboxylic acids is 1. The molecule has 0 amide bonds. The molecule has 2 aromatic rings. The van der Waals surface area contributed by atoms with Crippen LogP contribution < -0.4 is 4.90 Å². The van der Waals surface area contributed by atoms with E-state index in [1.807, 2.05) is 6.07 Å². The van der Waals surface area contributed by atoms with Crippen LogP contribution in [0.1, 0.15) is 28.2 Å². The number of hydrogen-bond donors (Lipinski definition) is 1. The molecule has 0 saturated carbocycles. The monoisotopic (exact) mass is 269 g/mol. The van der Waals surface area contributed by atoms with Crippen molar-refractivity contribution >= 4 is 11.7 Å². The highest BCUT2D eigenvalue weighted by Crippen LogP contribution is 2.30. The smallest absolute Gasteiger partial charge is 0.336 e. The number of carbonyl (C=O) groups is 1. The van der Waals surface area contributed by atoms with Gasteiger partial charge >= 0.3 is 5.97 Å². The van der Waals surface area contributed by atoms with Gasteiger partial charge in [0.1, 0.15) is 5.82 Å². The van der Waals surface area contributed by atoms with Crippen molar-refractivity contribution in [3.05, 3.63) is 53.6 Å². The molecule has 1 aromatic heterocycles. The van der Waals surface area contributed by atoms with Crippen molar-refractivity contribution < 1.29 is 9.90 Å². The first-order valence-electron chi connectivity index (χ1n) is 6.62. The van der Waals surface area contributed by atoms with E-state index in [0.29, 0.717) is 12.1 Å². The lowest BCUT2D eigenvalue weighted by Crippen LogP contribution is -2.30. The fraction of sp³-hybridized carbons (Fsp3) is 0.267. The maximum atomic E-state index is 11.3. The number of rotatable bonds is 3. The second kappa shape index (κ2) is 5.28. The summed E-state index contributed by atoms with van der Waals surface area (Å²) in [5.74, 6) is -0.110. The van der Waals surface area contributed by atoms with Crippen molar-refractivity contribution in [2.24, 2.45) is 0 Å². The zero-order valence-electron chi connectivity index (χ0n) is 11.0. The molecule has 0 spiro atoms. The molecule has 0 unspecified atom stereocenters. The summed E-state index contributed by atoms with van der Waals surface area (Å²) < 4.78 is 0. The molecule has 102 valence electrons. The first-order valence-corrected chi connectivity index (χ1v) is 6.62. The summed E-state index contributed by atoms with van der Waals surface area (Å²) >= 11 is 0. The first kappa shape index (κ1) is 12.6. The fourth-order valence-corrected chi connectivity index (χ4v) is 2.65. The Kier molecular flexibility index (Phi) is 3.33. The predicted octanol–water partition coefficient (Wildman–Crippen LogP) is 2.13. The van der Waals surface area contributed by atoms with Crippen LogP contribution in [0.4, 0.5) is 5.69 Å². The minimum Gasteiger partial charge on any atom is -0.478 e. The second-order valence-corrected chi connectivity index (χ2v) is 4.80. The number of hydrogen-bond acceptors (Lipinski definition) is 4. The molecule has 1 aliphatic heterocycles. The van der Waals surface area contributed by atoms with Crippen LogP contribution in [0.2, 0.25) is 0 Å². The van der Waals surface area contributed by atoms with Crippen LogP contribution in [-0.4, -0.2) is 27.6 Å². The topological polar surface area (TPSA) is 66.3 Å². The van der Waals surface area contributed by atoms with E-state index in [-0.39, 0.29) is 0 Å². The summed E-state index contributed by atoms with van der Waals surface area (Å²) in [5.41, 5.74) is 2.31. The molecule has 20 heavy (non-hydrogen) atoms. The maximum absolute atomic E-state index is 11.3. The standard InChI is InChI=1S/C15H15N3O2/c19-15(20)12-4-1-6-13-11(12)5-2-9-18(13)10-14-16-7-3-8-17-14/h1,3-4,6-8H,2,5,9-10H2,(H,19,20). The molecule has 0 fully saturated rings. The van der Waals surface area contributed by atoms with E-state index < -0.39 is 5.97 Å². The summed E-state index contributed by atoms with van der Waals surface area (Å²) in [7, 11) is 0. The van der Waals surface area contributed by atoms with E-state index in [1.54, 1.807) is 30.6 Å². The van der Waals surface area contributed by atoms with Crippen molar-refractivity contribution in [2.75, 3.05) is 11.4 Å². The van der Waals surface area contributed by atoms with Crippen LogP contribution >= 0.6 is 0 Å². The summed E-state index contributed by atoms with van der Waals surface area (Å²) in [6.07, 6.45) is 5.20. The van der Waals surface area contributed by atoms with Gasteiger partial charge in [-0.1, -0.05) is 6.07 Å². The highest BCUT2D eigenvalue weighted by atomic mass is 16.4. The average Bonchev–Trinajstić information content (AvgIpc) is 2.48. The van der Waals surface area contributed by atoms with Gasteiger partial charge in [0.05, 0.1) is 12.1 Å². The Morgan fingerprint density at radius 2 is 2.05 bits per heavy atom. The van der Waals surface area contributed by atoms with E-state index in [1.165, 1.54) is 0 Å². The van der Waals surface area contributed by atoms with Gasteiger partial charge < -0.3 is 10.0 Å². The number of anilines is 1. The minimum atomic E-state index is -0.861. The molecule has 1 aromatic carbocycles. The fourth-order valence-electron chi connectivity index (χ4n) is 2.65. The van der Waals surface area contributed by atoms with Crippen LogP contribution in [-0.2, 0) is 13.0 Å². The number of nitrogens with zero attached hydrogens (tertiary/aromatic N) is 3. The summed E-state index contributed by atoms with van der Waals surface area (Å²) in [4.78, 5) is 21.9. The lowest BCUT2D eigenvalue weighted by Gasteiger charge is -2.31. The van der Waals surface area contributed by atoms with Gasteiger partial charge in [0.15, 0.2) is 0 Å². The van der Waals surface area contributed by atoms with Crippen LogP contribution in [0, 0.1) is 0 Å². The van der Waals surface area contributed by atoms with Crippen molar-refractivity contribution in [3.8, 4) is 0 Å². The molecule has 0 saturated heterocycles. The van der Waals surface area contributed by atoms with Gasteiger partial charge in [-0.2, -0.15) is 0 Å². The molecule has 3 rings (SSSR count). The highest BCUT2D eigenvalue weighted by Gasteiger charge is 2.22. The minimum absolute atomic E-state index is 0.404. The molecule has 1 N–H and O–H groups in total. The van der Waals surface area contributed by atoms with Gasteiger partial charge in [0, 0.05) is 24.6 Å². The Morgan fingerprint density at radius 3 is 2.80 bits per heavy atom. The molecule has 2 heterocycles. The zero-order valence-corrected chi connectivity index (χ0v) is 11.0. The normalized spacial score (nSPS) is 13.9. The predicted molar refractivity (Wildman–Crippen MR) is 74.8 cm³/mol. The van der Waals surface area contributed by atoms with E-state index in [4.69, 9.17) is 0 Å². The molecule has 0 atom stereocenters. The van der Waals surface area contributed by atoms with Crippen LogP contribution in [0.3, 0.4) is 0 Å². The van der Waals surface area contributed by atoms with Crippen molar-refractivity contribution in [1.29, 1.82) is 0 Å². The largest absolute Gasteiger partial charge is 0.478 e. The molecule has 5 heteroatoms. The van der Waals surface area contributed by atoms with E-state index in [0.717, 1.165) is 36.5 Å². The third kappa shape index (κ3) is 2.34. The molecule has 0 bridgehead atoms. The van der Waals surface area contributed by atoms with Gasteiger partial charge in [-0.15, -0.1) is 0 Å². The third-order valence-corrected chi connectivity index (χ3v) is 3.53. The van der Waals surface area contributed by atoms with E-state index in [2.05, 4.69) is 14.9 Å². The Morgan fingerprint density at radius 1 is 1.25 bits per heavy atom. The third-order valence-electron chi connectivity index (χ3n) is 3.53. The highest BCUT2D eigenvalue weighted by molar-refractivity contribution is 5.91. The Balaban J connectivity index is 1.94. The Hall–Kier alpha value is -2.43. The van der Waals surface area contributed by atoms with Crippen LogP contribution in [0.15, 0.2) is 36.7 Å². The second-order valence-electron chi connectivity index (χ2n) is 4.80. The first-order chi connectivity index (χ1) is 9.75. The Bertz CT molecular complexity index is 628.